The van der Waals surface area contributed by atoms with Crippen LogP contribution < -0.4 is 14.5 Å². The lowest BCUT2D eigenvalue weighted by atomic mass is 10.1. The number of amides is 2. The van der Waals surface area contributed by atoms with E-state index < -0.39 is 35.8 Å². The van der Waals surface area contributed by atoms with Crippen LogP contribution in [0.1, 0.15) is 27.2 Å². The minimum Gasteiger partial charge on any atom is -0.444 e. The number of benzene rings is 1. The first-order valence-corrected chi connectivity index (χ1v) is 18.5. The highest BCUT2D eigenvalue weighted by Gasteiger charge is 2.35. The van der Waals surface area contributed by atoms with Crippen LogP contribution in [0.2, 0.25) is 25.7 Å². The van der Waals surface area contributed by atoms with E-state index in [0.29, 0.717) is 42.2 Å². The van der Waals surface area contributed by atoms with Crippen LogP contribution in [0.15, 0.2) is 42.6 Å². The first kappa shape index (κ1) is 30.6. The second-order valence-electron chi connectivity index (χ2n) is 11.9. The molecule has 12 heteroatoms. The largest absolute Gasteiger partial charge is 0.444 e. The number of hydrogen-bond donors (Lipinski definition) is 1. The maximum atomic E-state index is 12.9. The molecule has 1 aromatic heterocycles. The van der Waals surface area contributed by atoms with Crippen LogP contribution in [-0.4, -0.2) is 71.3 Å². The van der Waals surface area contributed by atoms with Crippen LogP contribution in [0.25, 0.3) is 11.1 Å². The summed E-state index contributed by atoms with van der Waals surface area (Å²) in [4.78, 5) is 31.1. The minimum absolute atomic E-state index is 0.0832. The first-order valence-electron chi connectivity index (χ1n) is 13.0. The van der Waals surface area contributed by atoms with Crippen LogP contribution in [-0.2, 0) is 24.3 Å². The Morgan fingerprint density at radius 2 is 1.87 bits per heavy atom. The minimum atomic E-state index is -3.62. The Bertz CT molecular complexity index is 1270. The molecule has 2 heterocycles. The Morgan fingerprint density at radius 3 is 2.46 bits per heavy atom. The molecule has 0 unspecified atom stereocenters. The third-order valence-electron chi connectivity index (χ3n) is 6.01. The third kappa shape index (κ3) is 8.77. The smallest absolute Gasteiger partial charge is 0.408 e. The molecule has 0 aliphatic carbocycles. The maximum absolute atomic E-state index is 12.9. The lowest BCUT2D eigenvalue weighted by Crippen LogP contribution is -2.43. The predicted molar refractivity (Wildman–Crippen MR) is 156 cm³/mol. The zero-order chi connectivity index (χ0) is 29.0. The lowest BCUT2D eigenvalue weighted by molar-refractivity contribution is -0.118. The number of para-hydroxylation sites is 1. The summed E-state index contributed by atoms with van der Waals surface area (Å²) in [5.41, 5.74) is 1.20. The molecule has 1 aliphatic heterocycles. The molecular weight excluding hydrogens is 536 g/mol. The van der Waals surface area contributed by atoms with E-state index in [1.165, 1.54) is 9.21 Å². The van der Waals surface area contributed by atoms with Crippen molar-refractivity contribution >= 4 is 41.6 Å². The molecule has 1 atom stereocenters. The van der Waals surface area contributed by atoms with Crippen molar-refractivity contribution in [2.75, 3.05) is 35.3 Å². The number of nitrogens with one attached hydrogen (secondary N) is 1. The highest BCUT2D eigenvalue weighted by Crippen LogP contribution is 2.33. The number of sulfonamides is 1. The Labute approximate surface area is 232 Å². The topological polar surface area (TPSA) is 118 Å². The SMILES string of the molecule is CC(C)(C)OC(=O)N[C@H]1CCN(c2ccc(-c3ccccc3N(COCC[Si](C)(C)C)S(C)(=O)=O)cn2)C1=O. The molecule has 1 saturated heterocycles. The van der Waals surface area contributed by atoms with Gasteiger partial charge in [0.05, 0.1) is 11.9 Å². The van der Waals surface area contributed by atoms with Crippen LogP contribution in [0.5, 0.6) is 0 Å². The van der Waals surface area contributed by atoms with Crippen molar-refractivity contribution in [1.82, 2.24) is 10.3 Å². The molecule has 10 nitrogen and oxygen atoms in total. The molecule has 1 N–H and O–H groups in total. The summed E-state index contributed by atoms with van der Waals surface area (Å²) in [6, 6.07) is 10.9. The second-order valence-corrected chi connectivity index (χ2v) is 19.4. The van der Waals surface area contributed by atoms with Crippen LogP contribution in [0.4, 0.5) is 16.3 Å². The molecule has 39 heavy (non-hydrogen) atoms. The highest BCUT2D eigenvalue weighted by atomic mass is 32.2. The standard InChI is InChI=1S/C27H40N4O6SSi/c1-27(2,3)37-26(33)29-22-14-15-30(25(22)32)24-13-12-20(18-28-24)21-10-8-9-11-23(21)31(38(4,34)35)19-36-16-17-39(5,6)7/h8-13,18,22H,14-17,19H2,1-7H3,(H,29,33)/t22-/m0/s1. The molecule has 214 valence electrons. The summed E-state index contributed by atoms with van der Waals surface area (Å²) >= 11 is 0. The van der Waals surface area contributed by atoms with E-state index in [-0.39, 0.29) is 12.6 Å². The molecule has 0 bridgehead atoms. The molecule has 0 spiro atoms. The van der Waals surface area contributed by atoms with Crippen molar-refractivity contribution in [3.8, 4) is 11.1 Å². The predicted octanol–water partition coefficient (Wildman–Crippen LogP) is 4.46. The first-order chi connectivity index (χ1) is 18.0. The number of pyridine rings is 1. The van der Waals surface area contributed by atoms with Crippen molar-refractivity contribution in [2.24, 2.45) is 0 Å². The molecular formula is C27H40N4O6SSi. The van der Waals surface area contributed by atoms with Crippen LogP contribution in [0, 0.1) is 0 Å². The Balaban J connectivity index is 1.76. The van der Waals surface area contributed by atoms with Gasteiger partial charge in [0.1, 0.15) is 24.2 Å². The van der Waals surface area contributed by atoms with Gasteiger partial charge in [0.25, 0.3) is 5.91 Å². The van der Waals surface area contributed by atoms with Gasteiger partial charge in [0, 0.05) is 38.5 Å². The summed E-state index contributed by atoms with van der Waals surface area (Å²) in [5.74, 6) is 0.185. The summed E-state index contributed by atoms with van der Waals surface area (Å²) in [7, 11) is -4.94. The Kier molecular flexibility index (Phi) is 9.45. The van der Waals surface area contributed by atoms with Crippen molar-refractivity contribution in [3.05, 3.63) is 42.6 Å². The van der Waals surface area contributed by atoms with Crippen molar-refractivity contribution in [3.63, 3.8) is 0 Å². The van der Waals surface area contributed by atoms with E-state index >= 15 is 0 Å². The number of carbonyl (C=O) groups excluding carboxylic acids is 2. The van der Waals surface area contributed by atoms with Gasteiger partial charge in [-0.3, -0.25) is 9.69 Å². The summed E-state index contributed by atoms with van der Waals surface area (Å²) in [5, 5.41) is 2.63. The number of rotatable bonds is 10. The lowest BCUT2D eigenvalue weighted by Gasteiger charge is -2.25. The number of ether oxygens (including phenoxy) is 2. The van der Waals surface area contributed by atoms with Gasteiger partial charge in [-0.2, -0.15) is 0 Å². The fraction of sp³-hybridized carbons (Fsp3) is 0.519. The van der Waals surface area contributed by atoms with Crippen LogP contribution >= 0.6 is 0 Å². The normalized spacial score (nSPS) is 16.3. The van der Waals surface area contributed by atoms with Gasteiger partial charge < -0.3 is 14.8 Å². The van der Waals surface area contributed by atoms with Crippen molar-refractivity contribution in [1.29, 1.82) is 0 Å². The van der Waals surface area contributed by atoms with E-state index in [4.69, 9.17) is 9.47 Å². The summed E-state index contributed by atoms with van der Waals surface area (Å²) < 4.78 is 37.7. The van der Waals surface area contributed by atoms with E-state index in [2.05, 4.69) is 29.9 Å². The average molecular weight is 577 g/mol. The van der Waals surface area contributed by atoms with Crippen molar-refractivity contribution < 1.29 is 27.5 Å². The van der Waals surface area contributed by atoms with E-state index in [1.807, 2.05) is 12.1 Å². The molecule has 1 aliphatic rings. The summed E-state index contributed by atoms with van der Waals surface area (Å²) in [6.45, 7) is 12.8. The maximum Gasteiger partial charge on any atom is 0.408 e. The number of alkyl carbamates (subject to hydrolysis) is 1. The zero-order valence-corrected chi connectivity index (χ0v) is 25.7. The molecule has 1 aromatic carbocycles. The van der Waals surface area contributed by atoms with E-state index in [1.54, 1.807) is 51.2 Å². The fourth-order valence-corrected chi connectivity index (χ4v) is 5.54. The molecule has 2 aromatic rings. The molecule has 0 radical (unpaired) electrons. The highest BCUT2D eigenvalue weighted by molar-refractivity contribution is 7.92. The van der Waals surface area contributed by atoms with E-state index in [0.717, 1.165) is 12.3 Å². The van der Waals surface area contributed by atoms with Crippen molar-refractivity contribution in [2.45, 2.75) is 64.5 Å². The number of nitrogens with zero attached hydrogens (tertiary/aromatic N) is 3. The average Bonchev–Trinajstić information content (AvgIpc) is 3.16. The summed E-state index contributed by atoms with van der Waals surface area (Å²) in [6.07, 6.45) is 2.57. The number of aromatic nitrogens is 1. The van der Waals surface area contributed by atoms with Crippen LogP contribution in [0.3, 0.4) is 0 Å². The van der Waals surface area contributed by atoms with Gasteiger partial charge >= 0.3 is 6.09 Å². The molecule has 1 fully saturated rings. The van der Waals surface area contributed by atoms with Gasteiger partial charge in [0.2, 0.25) is 10.0 Å². The monoisotopic (exact) mass is 576 g/mol. The number of anilines is 2. The quantitative estimate of drug-likeness (QED) is 0.252. The van der Waals surface area contributed by atoms with Gasteiger partial charge in [0.15, 0.2) is 0 Å². The Morgan fingerprint density at radius 1 is 1.18 bits per heavy atom. The number of hydrogen-bond acceptors (Lipinski definition) is 7. The third-order valence-corrected chi connectivity index (χ3v) is 8.82. The van der Waals surface area contributed by atoms with Gasteiger partial charge in [-0.25, -0.2) is 22.5 Å². The molecule has 2 amide bonds. The molecule has 0 saturated carbocycles. The zero-order valence-electron chi connectivity index (χ0n) is 23.9. The Hall–Kier alpha value is -2.96. The van der Waals surface area contributed by atoms with Gasteiger partial charge in [-0.1, -0.05) is 37.8 Å². The van der Waals surface area contributed by atoms with Gasteiger partial charge in [-0.05, 0) is 51.4 Å². The number of carbonyl (C=O) groups is 2. The molecule has 3 rings (SSSR count). The van der Waals surface area contributed by atoms with Gasteiger partial charge in [-0.15, -0.1) is 0 Å². The van der Waals surface area contributed by atoms with E-state index in [9.17, 15) is 18.0 Å². The fourth-order valence-electron chi connectivity index (χ4n) is 4.00. The second kappa shape index (κ2) is 12.1.